The van der Waals surface area contributed by atoms with Crippen LogP contribution in [-0.4, -0.2) is 46.6 Å². The zero-order valence-electron chi connectivity index (χ0n) is 11.4. The van der Waals surface area contributed by atoms with Gasteiger partial charge in [0, 0.05) is 24.5 Å². The quantitative estimate of drug-likeness (QED) is 0.908. The van der Waals surface area contributed by atoms with Crippen molar-refractivity contribution in [3.8, 4) is 0 Å². The lowest BCUT2D eigenvalue weighted by Gasteiger charge is -2.32. The monoisotopic (exact) mass is 308 g/mol. The number of aryl methyl sites for hydroxylation is 1. The van der Waals surface area contributed by atoms with Gasteiger partial charge in [-0.3, -0.25) is 4.90 Å². The average molecular weight is 308 g/mol. The minimum Gasteiger partial charge on any atom is -0.360 e. The standard InChI is InChI=1S/C12H19F3N4S/c1-2-10-17-11(20-18-10)16-7-9-3-5-19(6-4-9)8-12(13,14)15/h9H,2-8H2,1H3,(H,16,17,18). The molecule has 2 heterocycles. The van der Waals surface area contributed by atoms with Crippen molar-refractivity contribution in [3.63, 3.8) is 0 Å². The number of nitrogens with one attached hydrogen (secondary N) is 1. The van der Waals surface area contributed by atoms with Gasteiger partial charge >= 0.3 is 6.18 Å². The molecule has 0 spiro atoms. The van der Waals surface area contributed by atoms with Crippen molar-refractivity contribution in [1.29, 1.82) is 0 Å². The fourth-order valence-corrected chi connectivity index (χ4v) is 2.96. The Balaban J connectivity index is 1.69. The van der Waals surface area contributed by atoms with E-state index in [0.717, 1.165) is 36.8 Å². The Kier molecular flexibility index (Phi) is 5.20. The van der Waals surface area contributed by atoms with Crippen molar-refractivity contribution in [2.75, 3.05) is 31.5 Å². The second-order valence-electron chi connectivity index (χ2n) is 5.08. The van der Waals surface area contributed by atoms with Gasteiger partial charge < -0.3 is 5.32 Å². The molecule has 20 heavy (non-hydrogen) atoms. The molecule has 0 aromatic carbocycles. The summed E-state index contributed by atoms with van der Waals surface area (Å²) in [7, 11) is 0. The molecule has 1 N–H and O–H groups in total. The molecule has 0 saturated carbocycles. The van der Waals surface area contributed by atoms with Crippen LogP contribution < -0.4 is 5.32 Å². The molecule has 114 valence electrons. The van der Waals surface area contributed by atoms with E-state index in [0.29, 0.717) is 19.0 Å². The number of nitrogens with zero attached hydrogens (tertiary/aromatic N) is 3. The van der Waals surface area contributed by atoms with Crippen LogP contribution in [0.3, 0.4) is 0 Å². The largest absolute Gasteiger partial charge is 0.401 e. The minimum absolute atomic E-state index is 0.411. The average Bonchev–Trinajstić information content (AvgIpc) is 2.84. The summed E-state index contributed by atoms with van der Waals surface area (Å²) >= 11 is 1.34. The van der Waals surface area contributed by atoms with E-state index in [1.807, 2.05) is 6.92 Å². The Hall–Kier alpha value is -0.890. The molecule has 1 aliphatic rings. The SMILES string of the molecule is CCc1nsc(NCC2CCN(CC(F)(F)F)CC2)n1. The molecule has 0 radical (unpaired) electrons. The van der Waals surface area contributed by atoms with Crippen LogP contribution >= 0.6 is 11.5 Å². The molecule has 0 unspecified atom stereocenters. The van der Waals surface area contributed by atoms with Gasteiger partial charge in [0.2, 0.25) is 5.13 Å². The second-order valence-corrected chi connectivity index (χ2v) is 5.84. The third kappa shape index (κ3) is 4.90. The van der Waals surface area contributed by atoms with Crippen LogP contribution in [0.5, 0.6) is 0 Å². The van der Waals surface area contributed by atoms with Gasteiger partial charge in [0.15, 0.2) is 0 Å². The van der Waals surface area contributed by atoms with Crippen LogP contribution in [0.1, 0.15) is 25.6 Å². The van der Waals surface area contributed by atoms with Crippen molar-refractivity contribution in [3.05, 3.63) is 5.82 Å². The van der Waals surface area contributed by atoms with Gasteiger partial charge in [0.05, 0.1) is 6.54 Å². The van der Waals surface area contributed by atoms with E-state index in [4.69, 9.17) is 0 Å². The molecular weight excluding hydrogens is 289 g/mol. The fraction of sp³-hybridized carbons (Fsp3) is 0.833. The number of hydrogen-bond acceptors (Lipinski definition) is 5. The zero-order chi connectivity index (χ0) is 14.6. The highest BCUT2D eigenvalue weighted by Crippen LogP contribution is 2.23. The van der Waals surface area contributed by atoms with Crippen LogP contribution in [0.15, 0.2) is 0 Å². The highest BCUT2D eigenvalue weighted by Gasteiger charge is 2.32. The number of piperidine rings is 1. The summed E-state index contributed by atoms with van der Waals surface area (Å²) < 4.78 is 41.0. The number of hydrogen-bond donors (Lipinski definition) is 1. The Labute approximate surface area is 120 Å². The molecular formula is C12H19F3N4S. The molecule has 8 heteroatoms. The van der Waals surface area contributed by atoms with Crippen molar-refractivity contribution >= 4 is 16.7 Å². The molecule has 0 atom stereocenters. The second kappa shape index (κ2) is 6.71. The van der Waals surface area contributed by atoms with Crippen LogP contribution in [-0.2, 0) is 6.42 Å². The maximum atomic E-state index is 12.3. The number of anilines is 1. The number of rotatable bonds is 5. The molecule has 0 aliphatic carbocycles. The number of aromatic nitrogens is 2. The van der Waals surface area contributed by atoms with Gasteiger partial charge in [-0.15, -0.1) is 0 Å². The molecule has 0 amide bonds. The third-order valence-corrected chi connectivity index (χ3v) is 4.15. The first-order chi connectivity index (χ1) is 9.46. The first kappa shape index (κ1) is 15.5. The summed E-state index contributed by atoms with van der Waals surface area (Å²) in [6.45, 7) is 3.01. The summed E-state index contributed by atoms with van der Waals surface area (Å²) in [4.78, 5) is 5.80. The van der Waals surface area contributed by atoms with Crippen molar-refractivity contribution in [2.45, 2.75) is 32.4 Å². The van der Waals surface area contributed by atoms with Crippen LogP contribution in [0, 0.1) is 5.92 Å². The molecule has 0 bridgehead atoms. The first-order valence-corrected chi connectivity index (χ1v) is 7.59. The van der Waals surface area contributed by atoms with Crippen LogP contribution in [0.25, 0.3) is 0 Å². The smallest absolute Gasteiger partial charge is 0.360 e. The lowest BCUT2D eigenvalue weighted by Crippen LogP contribution is -2.41. The van der Waals surface area contributed by atoms with E-state index < -0.39 is 12.7 Å². The maximum absolute atomic E-state index is 12.3. The topological polar surface area (TPSA) is 41.1 Å². The Morgan fingerprint density at radius 1 is 1.35 bits per heavy atom. The number of likely N-dealkylation sites (tertiary alicyclic amines) is 1. The van der Waals surface area contributed by atoms with Gasteiger partial charge in [-0.25, -0.2) is 4.98 Å². The van der Waals surface area contributed by atoms with Gasteiger partial charge in [-0.05, 0) is 31.8 Å². The molecule has 1 aromatic rings. The van der Waals surface area contributed by atoms with Gasteiger partial charge in [0.1, 0.15) is 5.82 Å². The lowest BCUT2D eigenvalue weighted by atomic mass is 9.97. The van der Waals surface area contributed by atoms with E-state index in [2.05, 4.69) is 14.7 Å². The summed E-state index contributed by atoms with van der Waals surface area (Å²) in [6, 6.07) is 0. The van der Waals surface area contributed by atoms with Crippen molar-refractivity contribution in [2.24, 2.45) is 5.92 Å². The van der Waals surface area contributed by atoms with Crippen molar-refractivity contribution in [1.82, 2.24) is 14.3 Å². The summed E-state index contributed by atoms with van der Waals surface area (Å²) in [5, 5.41) is 4.04. The van der Waals surface area contributed by atoms with E-state index in [1.165, 1.54) is 16.4 Å². The summed E-state index contributed by atoms with van der Waals surface area (Å²) in [6.07, 6.45) is -1.69. The van der Waals surface area contributed by atoms with Gasteiger partial charge in [0.25, 0.3) is 0 Å². The minimum atomic E-state index is -4.09. The predicted octanol–water partition coefficient (Wildman–Crippen LogP) is 2.79. The maximum Gasteiger partial charge on any atom is 0.401 e. The van der Waals surface area contributed by atoms with E-state index in [-0.39, 0.29) is 0 Å². The van der Waals surface area contributed by atoms with Gasteiger partial charge in [-0.2, -0.15) is 17.5 Å². The Bertz CT molecular complexity index is 413. The van der Waals surface area contributed by atoms with E-state index >= 15 is 0 Å². The lowest BCUT2D eigenvalue weighted by molar-refractivity contribution is -0.148. The van der Waals surface area contributed by atoms with Gasteiger partial charge in [-0.1, -0.05) is 6.92 Å². The zero-order valence-corrected chi connectivity index (χ0v) is 12.2. The van der Waals surface area contributed by atoms with Crippen LogP contribution in [0.4, 0.5) is 18.3 Å². The molecule has 1 aliphatic heterocycles. The summed E-state index contributed by atoms with van der Waals surface area (Å²) in [5.41, 5.74) is 0. The summed E-state index contributed by atoms with van der Waals surface area (Å²) in [5.74, 6) is 1.24. The van der Waals surface area contributed by atoms with E-state index in [9.17, 15) is 13.2 Å². The fourth-order valence-electron chi connectivity index (χ4n) is 2.30. The highest BCUT2D eigenvalue weighted by atomic mass is 32.1. The van der Waals surface area contributed by atoms with Crippen LogP contribution in [0.2, 0.25) is 0 Å². The normalized spacial score (nSPS) is 18.4. The first-order valence-electron chi connectivity index (χ1n) is 6.82. The molecule has 1 saturated heterocycles. The van der Waals surface area contributed by atoms with E-state index in [1.54, 1.807) is 0 Å². The molecule has 1 aromatic heterocycles. The predicted molar refractivity (Wildman–Crippen MR) is 73.0 cm³/mol. The highest BCUT2D eigenvalue weighted by molar-refractivity contribution is 7.09. The Morgan fingerprint density at radius 3 is 2.60 bits per heavy atom. The number of alkyl halides is 3. The molecule has 4 nitrogen and oxygen atoms in total. The molecule has 1 fully saturated rings. The van der Waals surface area contributed by atoms with Crippen molar-refractivity contribution < 1.29 is 13.2 Å². The molecule has 2 rings (SSSR count). The third-order valence-electron chi connectivity index (χ3n) is 3.44. The Morgan fingerprint density at radius 2 is 2.05 bits per heavy atom. The number of halogens is 3.